The van der Waals surface area contributed by atoms with E-state index in [1.54, 1.807) is 6.08 Å². The lowest BCUT2D eigenvalue weighted by Crippen LogP contribution is -2.50. The predicted octanol–water partition coefficient (Wildman–Crippen LogP) is 1.39. The monoisotopic (exact) mass is 368 g/mol. The lowest BCUT2D eigenvalue weighted by molar-refractivity contribution is -0.0117. The van der Waals surface area contributed by atoms with Gasteiger partial charge in [0.05, 0.1) is 18.8 Å². The highest BCUT2D eigenvalue weighted by molar-refractivity contribution is 7.92. The standard InChI is InChI=1S/C18H28N2O4S/c1-16(2)24-15-18(21)14-19-9-11-20(12-10-19)25(22,23)13-8-17-6-4-3-5-7-17/h3-8,13,16,18,21H,9-12,14-15H2,1-2H3/b13-8+. The van der Waals surface area contributed by atoms with Crippen LogP contribution in [0.25, 0.3) is 6.08 Å². The molecule has 1 aromatic rings. The van der Waals surface area contributed by atoms with E-state index in [4.69, 9.17) is 4.74 Å². The molecule has 1 aromatic carbocycles. The highest BCUT2D eigenvalue weighted by Gasteiger charge is 2.26. The van der Waals surface area contributed by atoms with Gasteiger partial charge in [-0.25, -0.2) is 8.42 Å². The smallest absolute Gasteiger partial charge is 0.236 e. The van der Waals surface area contributed by atoms with E-state index in [9.17, 15) is 13.5 Å². The van der Waals surface area contributed by atoms with Crippen LogP contribution in [0.4, 0.5) is 0 Å². The van der Waals surface area contributed by atoms with Gasteiger partial charge < -0.3 is 9.84 Å². The zero-order chi connectivity index (χ0) is 18.3. The summed E-state index contributed by atoms with van der Waals surface area (Å²) >= 11 is 0. The highest BCUT2D eigenvalue weighted by atomic mass is 32.2. The molecular formula is C18H28N2O4S. The lowest BCUT2D eigenvalue weighted by atomic mass is 10.2. The lowest BCUT2D eigenvalue weighted by Gasteiger charge is -2.34. The van der Waals surface area contributed by atoms with Gasteiger partial charge in [0.15, 0.2) is 0 Å². The molecule has 0 radical (unpaired) electrons. The summed E-state index contributed by atoms with van der Waals surface area (Å²) in [7, 11) is -3.42. The van der Waals surface area contributed by atoms with Crippen LogP contribution in [0.15, 0.2) is 35.7 Å². The number of β-amino-alcohol motifs (C(OH)–C–C–N with tert-alkyl or cyclic N) is 1. The molecule has 1 heterocycles. The van der Waals surface area contributed by atoms with E-state index in [1.807, 2.05) is 44.2 Å². The van der Waals surface area contributed by atoms with Crippen molar-refractivity contribution in [2.75, 3.05) is 39.3 Å². The topological polar surface area (TPSA) is 70.1 Å². The molecule has 2 rings (SSSR count). The zero-order valence-electron chi connectivity index (χ0n) is 14.9. The number of piperazine rings is 1. The first-order valence-corrected chi connectivity index (χ1v) is 10.1. The van der Waals surface area contributed by atoms with Gasteiger partial charge in [0.25, 0.3) is 0 Å². The molecule has 25 heavy (non-hydrogen) atoms. The molecule has 7 heteroatoms. The Labute approximate surface area is 150 Å². The average molecular weight is 368 g/mol. The van der Waals surface area contributed by atoms with Crippen molar-refractivity contribution in [3.05, 3.63) is 41.3 Å². The summed E-state index contributed by atoms with van der Waals surface area (Å²) in [5.74, 6) is 0. The van der Waals surface area contributed by atoms with Gasteiger partial charge in [0.1, 0.15) is 0 Å². The van der Waals surface area contributed by atoms with E-state index >= 15 is 0 Å². The molecule has 1 unspecified atom stereocenters. The van der Waals surface area contributed by atoms with Gasteiger partial charge in [0.2, 0.25) is 10.0 Å². The number of aliphatic hydroxyl groups is 1. The zero-order valence-corrected chi connectivity index (χ0v) is 15.7. The third kappa shape index (κ3) is 6.87. The molecular weight excluding hydrogens is 340 g/mol. The average Bonchev–Trinajstić information content (AvgIpc) is 2.60. The third-order valence-electron chi connectivity index (χ3n) is 4.01. The number of benzene rings is 1. The molecule has 1 fully saturated rings. The van der Waals surface area contributed by atoms with Crippen molar-refractivity contribution >= 4 is 16.1 Å². The summed E-state index contributed by atoms with van der Waals surface area (Å²) < 4.78 is 31.7. The Morgan fingerprint density at radius 3 is 2.40 bits per heavy atom. The predicted molar refractivity (Wildman–Crippen MR) is 99.5 cm³/mol. The minimum atomic E-state index is -3.42. The van der Waals surface area contributed by atoms with Crippen LogP contribution in [0.3, 0.4) is 0 Å². The fourth-order valence-electron chi connectivity index (χ4n) is 2.64. The number of hydrogen-bond donors (Lipinski definition) is 1. The molecule has 1 N–H and O–H groups in total. The quantitative estimate of drug-likeness (QED) is 0.751. The summed E-state index contributed by atoms with van der Waals surface area (Å²) in [6.45, 7) is 6.74. The molecule has 140 valence electrons. The maximum Gasteiger partial charge on any atom is 0.236 e. The minimum Gasteiger partial charge on any atom is -0.389 e. The van der Waals surface area contributed by atoms with Gasteiger partial charge in [-0.15, -0.1) is 0 Å². The second kappa shape index (κ2) is 9.45. The van der Waals surface area contributed by atoms with Crippen molar-refractivity contribution in [1.82, 2.24) is 9.21 Å². The number of aliphatic hydroxyl groups excluding tert-OH is 1. The van der Waals surface area contributed by atoms with E-state index in [0.29, 0.717) is 39.3 Å². The van der Waals surface area contributed by atoms with Crippen LogP contribution in [-0.2, 0) is 14.8 Å². The molecule has 1 atom stereocenters. The molecule has 0 spiro atoms. The first-order chi connectivity index (χ1) is 11.9. The van der Waals surface area contributed by atoms with Crippen LogP contribution < -0.4 is 0 Å². The number of ether oxygens (including phenoxy) is 1. The molecule has 0 aliphatic carbocycles. The van der Waals surface area contributed by atoms with Crippen molar-refractivity contribution in [2.45, 2.75) is 26.1 Å². The second-order valence-corrected chi connectivity index (χ2v) is 8.31. The Hall–Kier alpha value is -1.25. The number of sulfonamides is 1. The fraction of sp³-hybridized carbons (Fsp3) is 0.556. The normalized spacial score (nSPS) is 18.9. The third-order valence-corrected chi connectivity index (χ3v) is 5.58. The Morgan fingerprint density at radius 2 is 1.80 bits per heavy atom. The Balaban J connectivity index is 1.81. The molecule has 1 aliphatic rings. The maximum atomic E-state index is 12.4. The summed E-state index contributed by atoms with van der Waals surface area (Å²) in [6.07, 6.45) is 1.16. The van der Waals surface area contributed by atoms with Crippen molar-refractivity contribution in [3.63, 3.8) is 0 Å². The first kappa shape index (κ1) is 20.1. The highest BCUT2D eigenvalue weighted by Crippen LogP contribution is 2.12. The van der Waals surface area contributed by atoms with E-state index in [2.05, 4.69) is 4.90 Å². The molecule has 1 saturated heterocycles. The summed E-state index contributed by atoms with van der Waals surface area (Å²) in [5.41, 5.74) is 0.859. The summed E-state index contributed by atoms with van der Waals surface area (Å²) in [5, 5.41) is 11.2. The van der Waals surface area contributed by atoms with E-state index < -0.39 is 16.1 Å². The molecule has 1 aliphatic heterocycles. The summed E-state index contributed by atoms with van der Waals surface area (Å²) in [4.78, 5) is 2.07. The fourth-order valence-corrected chi connectivity index (χ4v) is 3.81. The number of nitrogens with zero attached hydrogens (tertiary/aromatic N) is 2. The van der Waals surface area contributed by atoms with Crippen LogP contribution in [0.2, 0.25) is 0 Å². The van der Waals surface area contributed by atoms with Crippen LogP contribution in [0, 0.1) is 0 Å². The van der Waals surface area contributed by atoms with Crippen LogP contribution in [-0.4, -0.2) is 74.3 Å². The van der Waals surface area contributed by atoms with Crippen LogP contribution >= 0.6 is 0 Å². The van der Waals surface area contributed by atoms with Gasteiger partial charge in [0, 0.05) is 38.1 Å². The van der Waals surface area contributed by atoms with E-state index in [-0.39, 0.29) is 6.10 Å². The van der Waals surface area contributed by atoms with Crippen molar-refractivity contribution in [3.8, 4) is 0 Å². The summed E-state index contributed by atoms with van der Waals surface area (Å²) in [6, 6.07) is 9.37. The minimum absolute atomic E-state index is 0.0908. The molecule has 0 aromatic heterocycles. The number of rotatable bonds is 8. The van der Waals surface area contributed by atoms with Crippen LogP contribution in [0.5, 0.6) is 0 Å². The van der Waals surface area contributed by atoms with Gasteiger partial charge >= 0.3 is 0 Å². The van der Waals surface area contributed by atoms with E-state index in [0.717, 1.165) is 5.56 Å². The van der Waals surface area contributed by atoms with Gasteiger partial charge in [-0.2, -0.15) is 4.31 Å². The SMILES string of the molecule is CC(C)OCC(O)CN1CCN(S(=O)(=O)/C=C/c2ccccc2)CC1. The van der Waals surface area contributed by atoms with Gasteiger partial charge in [-0.1, -0.05) is 30.3 Å². The van der Waals surface area contributed by atoms with Crippen molar-refractivity contribution in [2.24, 2.45) is 0 Å². The maximum absolute atomic E-state index is 12.4. The Morgan fingerprint density at radius 1 is 1.16 bits per heavy atom. The molecule has 6 nitrogen and oxygen atoms in total. The second-order valence-electron chi connectivity index (χ2n) is 6.49. The van der Waals surface area contributed by atoms with Crippen molar-refractivity contribution < 1.29 is 18.3 Å². The largest absolute Gasteiger partial charge is 0.389 e. The Bertz CT molecular complexity index is 638. The molecule has 0 saturated carbocycles. The van der Waals surface area contributed by atoms with Gasteiger partial charge in [-0.3, -0.25) is 4.90 Å². The van der Waals surface area contributed by atoms with Crippen molar-refractivity contribution in [1.29, 1.82) is 0 Å². The first-order valence-electron chi connectivity index (χ1n) is 8.62. The molecule has 0 bridgehead atoms. The van der Waals surface area contributed by atoms with Crippen LogP contribution in [0.1, 0.15) is 19.4 Å². The number of hydrogen-bond acceptors (Lipinski definition) is 5. The van der Waals surface area contributed by atoms with E-state index in [1.165, 1.54) is 9.71 Å². The molecule has 0 amide bonds. The van der Waals surface area contributed by atoms with Gasteiger partial charge in [-0.05, 0) is 25.5 Å². The Kier molecular flexibility index (Phi) is 7.58.